The molecule has 0 spiro atoms. The minimum atomic E-state index is -0.934. The van der Waals surface area contributed by atoms with Crippen molar-refractivity contribution in [1.29, 1.82) is 0 Å². The average molecular weight is 315 g/mol. The molecule has 120 valence electrons. The molecular formula is C16H17N3O4. The van der Waals surface area contributed by atoms with Crippen LogP contribution in [0.1, 0.15) is 29.6 Å². The van der Waals surface area contributed by atoms with Crippen LogP contribution in [0.3, 0.4) is 0 Å². The molecule has 1 amide bonds. The van der Waals surface area contributed by atoms with E-state index in [0.29, 0.717) is 42.7 Å². The van der Waals surface area contributed by atoms with E-state index in [1.165, 1.54) is 0 Å². The lowest BCUT2D eigenvalue weighted by atomic mass is 9.86. The zero-order valence-corrected chi connectivity index (χ0v) is 12.5. The highest BCUT2D eigenvalue weighted by molar-refractivity contribution is 5.97. The van der Waals surface area contributed by atoms with Crippen molar-refractivity contribution < 1.29 is 19.4 Å². The maximum absolute atomic E-state index is 12.6. The molecule has 1 saturated heterocycles. The molecule has 0 aliphatic carbocycles. The quantitative estimate of drug-likeness (QED) is 0.884. The van der Waals surface area contributed by atoms with Crippen molar-refractivity contribution in [2.24, 2.45) is 0 Å². The molecule has 0 unspecified atom stereocenters. The fourth-order valence-electron chi connectivity index (χ4n) is 2.82. The normalized spacial score (nSPS) is 16.9. The largest absolute Gasteiger partial charge is 0.481 e. The lowest BCUT2D eigenvalue weighted by Crippen LogP contribution is -2.53. The van der Waals surface area contributed by atoms with E-state index in [1.807, 2.05) is 0 Å². The van der Waals surface area contributed by atoms with E-state index in [-0.39, 0.29) is 12.3 Å². The highest BCUT2D eigenvalue weighted by Crippen LogP contribution is 2.25. The van der Waals surface area contributed by atoms with Gasteiger partial charge in [-0.2, -0.15) is 0 Å². The minimum absolute atomic E-state index is 0.116. The maximum Gasteiger partial charge on any atom is 0.305 e. The van der Waals surface area contributed by atoms with Gasteiger partial charge in [-0.15, -0.1) is 0 Å². The second kappa shape index (κ2) is 6.29. The van der Waals surface area contributed by atoms with E-state index in [0.717, 1.165) is 0 Å². The summed E-state index contributed by atoms with van der Waals surface area (Å²) in [5.74, 6) is -1.24. The number of carboxylic acids is 1. The number of nitrogens with zero attached hydrogens (tertiary/aromatic N) is 2. The summed E-state index contributed by atoms with van der Waals surface area (Å²) in [6.07, 6.45) is 4.01. The van der Waals surface area contributed by atoms with Gasteiger partial charge in [0.05, 0.1) is 23.0 Å². The molecule has 1 fully saturated rings. The van der Waals surface area contributed by atoms with Crippen LogP contribution in [0.25, 0.3) is 11.0 Å². The Balaban J connectivity index is 1.83. The maximum atomic E-state index is 12.6. The van der Waals surface area contributed by atoms with Gasteiger partial charge in [0.15, 0.2) is 0 Å². The average Bonchev–Trinajstić information content (AvgIpc) is 2.54. The Morgan fingerprint density at radius 2 is 1.87 bits per heavy atom. The van der Waals surface area contributed by atoms with Gasteiger partial charge >= 0.3 is 5.97 Å². The third kappa shape index (κ3) is 3.45. The van der Waals surface area contributed by atoms with Crippen LogP contribution in [0, 0.1) is 0 Å². The van der Waals surface area contributed by atoms with Crippen LogP contribution in [0.5, 0.6) is 0 Å². The molecule has 1 aromatic heterocycles. The molecule has 2 aromatic rings. The topological polar surface area (TPSA) is 101 Å². The fraction of sp³-hybridized carbons (Fsp3) is 0.375. The third-order valence-electron chi connectivity index (χ3n) is 4.05. The van der Waals surface area contributed by atoms with Crippen molar-refractivity contribution in [1.82, 2.24) is 15.3 Å². The second-order valence-electron chi connectivity index (χ2n) is 5.68. The summed E-state index contributed by atoms with van der Waals surface area (Å²) in [6.45, 7) is 0.882. The molecule has 7 heteroatoms. The van der Waals surface area contributed by atoms with Crippen LogP contribution in [-0.4, -0.2) is 45.7 Å². The van der Waals surface area contributed by atoms with Gasteiger partial charge in [0.2, 0.25) is 0 Å². The molecule has 2 N–H and O–H groups in total. The van der Waals surface area contributed by atoms with Crippen molar-refractivity contribution in [3.63, 3.8) is 0 Å². The van der Waals surface area contributed by atoms with Crippen LogP contribution in [0.2, 0.25) is 0 Å². The number of aromatic nitrogens is 2. The van der Waals surface area contributed by atoms with Crippen LogP contribution in [0.15, 0.2) is 30.6 Å². The summed E-state index contributed by atoms with van der Waals surface area (Å²) in [5, 5.41) is 12.0. The first-order valence-corrected chi connectivity index (χ1v) is 7.41. The SMILES string of the molecule is O=C(O)CC1(NC(=O)c2ccc3nccnc3c2)CCOCC1. The number of benzene rings is 1. The third-order valence-corrected chi connectivity index (χ3v) is 4.05. The number of carboxylic acid groups (broad SMARTS) is 1. The second-order valence-corrected chi connectivity index (χ2v) is 5.68. The zero-order valence-electron chi connectivity index (χ0n) is 12.5. The predicted octanol–water partition coefficient (Wildman–Crippen LogP) is 1.38. The van der Waals surface area contributed by atoms with Crippen LogP contribution >= 0.6 is 0 Å². The molecule has 0 radical (unpaired) electrons. The Labute approximate surface area is 132 Å². The van der Waals surface area contributed by atoms with Gasteiger partial charge in [-0.3, -0.25) is 19.6 Å². The van der Waals surface area contributed by atoms with Gasteiger partial charge in [-0.1, -0.05) is 0 Å². The van der Waals surface area contributed by atoms with Crippen molar-refractivity contribution in [3.8, 4) is 0 Å². The van der Waals surface area contributed by atoms with Crippen molar-refractivity contribution >= 4 is 22.9 Å². The molecule has 7 nitrogen and oxygen atoms in total. The van der Waals surface area contributed by atoms with E-state index in [2.05, 4.69) is 15.3 Å². The number of aliphatic carboxylic acids is 1. The fourth-order valence-corrected chi connectivity index (χ4v) is 2.82. The number of fused-ring (bicyclic) bond motifs is 1. The van der Waals surface area contributed by atoms with E-state index >= 15 is 0 Å². The van der Waals surface area contributed by atoms with Crippen molar-refractivity contribution in [2.45, 2.75) is 24.8 Å². The molecule has 1 aliphatic rings. The Hall–Kier alpha value is -2.54. The highest BCUT2D eigenvalue weighted by Gasteiger charge is 2.36. The smallest absolute Gasteiger partial charge is 0.305 e. The summed E-state index contributed by atoms with van der Waals surface area (Å²) in [7, 11) is 0. The van der Waals surface area contributed by atoms with Crippen molar-refractivity contribution in [2.75, 3.05) is 13.2 Å². The molecule has 0 saturated carbocycles. The Morgan fingerprint density at radius 3 is 2.57 bits per heavy atom. The highest BCUT2D eigenvalue weighted by atomic mass is 16.5. The Morgan fingerprint density at radius 1 is 1.17 bits per heavy atom. The minimum Gasteiger partial charge on any atom is -0.481 e. The van der Waals surface area contributed by atoms with Gasteiger partial charge in [-0.25, -0.2) is 0 Å². The standard InChI is InChI=1S/C16H17N3O4/c20-14(21)10-16(3-7-23-8-4-16)19-15(22)11-1-2-12-13(9-11)18-6-5-17-12/h1-2,5-6,9H,3-4,7-8,10H2,(H,19,22)(H,20,21). The molecule has 2 heterocycles. The molecule has 3 rings (SSSR count). The van der Waals surface area contributed by atoms with Crippen LogP contribution < -0.4 is 5.32 Å². The lowest BCUT2D eigenvalue weighted by molar-refractivity contribution is -0.139. The summed E-state index contributed by atoms with van der Waals surface area (Å²) in [6, 6.07) is 5.05. The lowest BCUT2D eigenvalue weighted by Gasteiger charge is -2.36. The monoisotopic (exact) mass is 315 g/mol. The summed E-state index contributed by atoms with van der Waals surface area (Å²) >= 11 is 0. The first-order valence-electron chi connectivity index (χ1n) is 7.41. The summed E-state index contributed by atoms with van der Waals surface area (Å²) < 4.78 is 5.29. The van der Waals surface area contributed by atoms with Gasteiger partial charge < -0.3 is 15.2 Å². The summed E-state index contributed by atoms with van der Waals surface area (Å²) in [5.41, 5.74) is 1.00. The van der Waals surface area contributed by atoms with Gasteiger partial charge in [-0.05, 0) is 31.0 Å². The van der Waals surface area contributed by atoms with Gasteiger partial charge in [0, 0.05) is 31.2 Å². The van der Waals surface area contributed by atoms with E-state index in [1.54, 1.807) is 30.6 Å². The molecule has 0 bridgehead atoms. The van der Waals surface area contributed by atoms with Crippen LogP contribution in [-0.2, 0) is 9.53 Å². The van der Waals surface area contributed by atoms with Crippen molar-refractivity contribution in [3.05, 3.63) is 36.2 Å². The molecule has 1 aliphatic heterocycles. The molecular weight excluding hydrogens is 298 g/mol. The molecule has 23 heavy (non-hydrogen) atoms. The number of carbonyl (C=O) groups excluding carboxylic acids is 1. The zero-order chi connectivity index (χ0) is 16.3. The van der Waals surface area contributed by atoms with E-state index in [4.69, 9.17) is 9.84 Å². The Kier molecular flexibility index (Phi) is 4.20. The first kappa shape index (κ1) is 15.4. The number of carbonyl (C=O) groups is 2. The van der Waals surface area contributed by atoms with E-state index in [9.17, 15) is 9.59 Å². The van der Waals surface area contributed by atoms with Gasteiger partial charge in [0.1, 0.15) is 0 Å². The summed E-state index contributed by atoms with van der Waals surface area (Å²) in [4.78, 5) is 32.0. The van der Waals surface area contributed by atoms with Crippen LogP contribution in [0.4, 0.5) is 0 Å². The number of ether oxygens (including phenoxy) is 1. The number of rotatable bonds is 4. The number of hydrogen-bond acceptors (Lipinski definition) is 5. The molecule has 1 aromatic carbocycles. The predicted molar refractivity (Wildman–Crippen MR) is 82.0 cm³/mol. The van der Waals surface area contributed by atoms with Gasteiger partial charge in [0.25, 0.3) is 5.91 Å². The molecule has 0 atom stereocenters. The number of amides is 1. The number of hydrogen-bond donors (Lipinski definition) is 2. The Bertz CT molecular complexity index is 741. The first-order chi connectivity index (χ1) is 11.1. The van der Waals surface area contributed by atoms with E-state index < -0.39 is 11.5 Å². The number of nitrogens with one attached hydrogen (secondary N) is 1.